The smallest absolute Gasteiger partial charge is 0.358 e. The second-order valence-corrected chi connectivity index (χ2v) is 7.07. The molecule has 0 unspecified atom stereocenters. The van der Waals surface area contributed by atoms with Crippen molar-refractivity contribution in [2.75, 3.05) is 19.0 Å². The Kier molecular flexibility index (Phi) is 5.09. The van der Waals surface area contributed by atoms with E-state index < -0.39 is 5.97 Å². The lowest BCUT2D eigenvalue weighted by molar-refractivity contribution is 0.0518. The van der Waals surface area contributed by atoms with Crippen molar-refractivity contribution in [3.63, 3.8) is 0 Å². The molecule has 0 aliphatic carbocycles. The largest absolute Gasteiger partial charge is 0.497 e. The monoisotopic (exact) mass is 410 g/mol. The van der Waals surface area contributed by atoms with Crippen molar-refractivity contribution in [2.45, 2.75) is 13.8 Å². The van der Waals surface area contributed by atoms with Gasteiger partial charge in [-0.15, -0.1) is 10.2 Å². The maximum absolute atomic E-state index is 11.7. The van der Waals surface area contributed by atoms with Crippen molar-refractivity contribution >= 4 is 39.2 Å². The first-order chi connectivity index (χ1) is 14.1. The Bertz CT molecular complexity index is 1170. The number of aryl methyl sites for hydroxylation is 1. The van der Waals surface area contributed by atoms with E-state index in [2.05, 4.69) is 25.6 Å². The number of anilines is 2. The van der Waals surface area contributed by atoms with Gasteiger partial charge in [0.1, 0.15) is 11.6 Å². The molecule has 0 atom stereocenters. The lowest BCUT2D eigenvalue weighted by Crippen LogP contribution is -2.09. The van der Waals surface area contributed by atoms with Gasteiger partial charge in [-0.3, -0.25) is 0 Å². The van der Waals surface area contributed by atoms with Gasteiger partial charge in [-0.2, -0.15) is 9.78 Å². The number of rotatable bonds is 6. The van der Waals surface area contributed by atoms with E-state index in [4.69, 9.17) is 9.47 Å². The minimum atomic E-state index is -0.502. The van der Waals surface area contributed by atoms with E-state index in [0.717, 1.165) is 21.7 Å². The van der Waals surface area contributed by atoms with Crippen LogP contribution in [0.1, 0.15) is 23.1 Å². The predicted octanol–water partition coefficient (Wildman–Crippen LogP) is 3.51. The van der Waals surface area contributed by atoms with Gasteiger partial charge < -0.3 is 14.8 Å². The number of hydrogen-bond acceptors (Lipinski definition) is 9. The summed E-state index contributed by atoms with van der Waals surface area (Å²) in [5.41, 5.74) is 1.84. The van der Waals surface area contributed by atoms with Gasteiger partial charge in [0.2, 0.25) is 5.13 Å². The predicted molar refractivity (Wildman–Crippen MR) is 109 cm³/mol. The fourth-order valence-electron chi connectivity index (χ4n) is 2.69. The molecule has 0 saturated carbocycles. The van der Waals surface area contributed by atoms with Gasteiger partial charge in [0.05, 0.1) is 29.6 Å². The van der Waals surface area contributed by atoms with Crippen molar-refractivity contribution in [3.8, 4) is 10.9 Å². The molecule has 0 fully saturated rings. The Labute approximate surface area is 170 Å². The van der Waals surface area contributed by atoms with Crippen LogP contribution < -0.4 is 10.1 Å². The summed E-state index contributed by atoms with van der Waals surface area (Å²) in [4.78, 5) is 16.4. The van der Waals surface area contributed by atoms with Gasteiger partial charge in [-0.1, -0.05) is 11.3 Å². The molecule has 29 heavy (non-hydrogen) atoms. The van der Waals surface area contributed by atoms with Gasteiger partial charge in [0.25, 0.3) is 0 Å². The van der Waals surface area contributed by atoms with E-state index in [9.17, 15) is 4.79 Å². The van der Waals surface area contributed by atoms with Crippen molar-refractivity contribution in [2.24, 2.45) is 0 Å². The summed E-state index contributed by atoms with van der Waals surface area (Å²) in [6, 6.07) is 10.8. The standard InChI is InChI=1S/C19H18N6O3S/c1-4-28-18(26)14-7-8-16(23-22-14)21-17-9-11(2)24-25(17)19-20-13-6-5-12(27-3)10-15(13)29-19/h5-10H,4H2,1-3H3,(H,21,23). The van der Waals surface area contributed by atoms with Crippen molar-refractivity contribution in [1.82, 2.24) is 25.0 Å². The summed E-state index contributed by atoms with van der Waals surface area (Å²) in [6.45, 7) is 3.92. The molecule has 0 radical (unpaired) electrons. The highest BCUT2D eigenvalue weighted by Crippen LogP contribution is 2.30. The van der Waals surface area contributed by atoms with Crippen LogP contribution in [0.15, 0.2) is 36.4 Å². The van der Waals surface area contributed by atoms with Gasteiger partial charge in [-0.05, 0) is 44.2 Å². The molecule has 0 spiro atoms. The molecule has 4 rings (SSSR count). The number of nitrogens with one attached hydrogen (secondary N) is 1. The molecule has 4 aromatic rings. The van der Waals surface area contributed by atoms with E-state index in [0.29, 0.717) is 16.8 Å². The SMILES string of the molecule is CCOC(=O)c1ccc(Nc2cc(C)nn2-c2nc3ccc(OC)cc3s2)nn1. The average Bonchev–Trinajstić information content (AvgIpc) is 3.30. The fourth-order valence-corrected chi connectivity index (χ4v) is 3.65. The third kappa shape index (κ3) is 3.87. The van der Waals surface area contributed by atoms with E-state index in [1.807, 2.05) is 31.2 Å². The molecule has 148 valence electrons. The topological polar surface area (TPSA) is 104 Å². The molecule has 1 aromatic carbocycles. The maximum Gasteiger partial charge on any atom is 0.358 e. The molecule has 10 heteroatoms. The zero-order valence-corrected chi connectivity index (χ0v) is 16.9. The second kappa shape index (κ2) is 7.84. The Morgan fingerprint density at radius 2 is 2.07 bits per heavy atom. The number of fused-ring (bicyclic) bond motifs is 1. The number of carbonyl (C=O) groups is 1. The third-order valence-corrected chi connectivity index (χ3v) is 5.00. The quantitative estimate of drug-likeness (QED) is 0.482. The average molecular weight is 410 g/mol. The van der Waals surface area contributed by atoms with Crippen LogP contribution in [0, 0.1) is 6.92 Å². The van der Waals surface area contributed by atoms with Crippen LogP contribution in [-0.2, 0) is 4.74 Å². The lowest BCUT2D eigenvalue weighted by atomic mass is 10.3. The minimum absolute atomic E-state index is 0.155. The first-order valence-electron chi connectivity index (χ1n) is 8.87. The number of nitrogens with zero attached hydrogens (tertiary/aromatic N) is 5. The summed E-state index contributed by atoms with van der Waals surface area (Å²) in [7, 11) is 1.64. The van der Waals surface area contributed by atoms with Crippen molar-refractivity contribution in [1.29, 1.82) is 0 Å². The molecule has 3 aromatic heterocycles. The Hall–Kier alpha value is -3.53. The molecule has 0 aliphatic rings. The summed E-state index contributed by atoms with van der Waals surface area (Å²) >= 11 is 1.50. The van der Waals surface area contributed by atoms with E-state index in [-0.39, 0.29) is 12.3 Å². The van der Waals surface area contributed by atoms with Crippen molar-refractivity contribution < 1.29 is 14.3 Å². The summed E-state index contributed by atoms with van der Waals surface area (Å²) in [6.07, 6.45) is 0. The fraction of sp³-hybridized carbons (Fsp3) is 0.211. The first-order valence-corrected chi connectivity index (χ1v) is 9.68. The maximum atomic E-state index is 11.7. The van der Waals surface area contributed by atoms with Gasteiger partial charge in [0, 0.05) is 6.07 Å². The molecule has 3 heterocycles. The minimum Gasteiger partial charge on any atom is -0.497 e. The van der Waals surface area contributed by atoms with Gasteiger partial charge in [-0.25, -0.2) is 9.78 Å². The summed E-state index contributed by atoms with van der Waals surface area (Å²) in [5, 5.41) is 16.4. The van der Waals surface area contributed by atoms with Crippen LogP contribution in [0.4, 0.5) is 11.6 Å². The number of benzene rings is 1. The van der Waals surface area contributed by atoms with Crippen LogP contribution >= 0.6 is 11.3 Å². The van der Waals surface area contributed by atoms with Crippen LogP contribution in [-0.4, -0.2) is 44.6 Å². The van der Waals surface area contributed by atoms with Gasteiger partial charge >= 0.3 is 5.97 Å². The molecule has 0 saturated heterocycles. The van der Waals surface area contributed by atoms with Crippen LogP contribution in [0.2, 0.25) is 0 Å². The Morgan fingerprint density at radius 1 is 1.21 bits per heavy atom. The normalized spacial score (nSPS) is 10.9. The number of esters is 1. The number of hydrogen-bond donors (Lipinski definition) is 1. The Morgan fingerprint density at radius 3 is 2.79 bits per heavy atom. The molecule has 0 amide bonds. The van der Waals surface area contributed by atoms with E-state index >= 15 is 0 Å². The van der Waals surface area contributed by atoms with Gasteiger partial charge in [0.15, 0.2) is 11.5 Å². The number of thiazole rings is 1. The zero-order chi connectivity index (χ0) is 20.4. The lowest BCUT2D eigenvalue weighted by Gasteiger charge is -2.06. The molecule has 1 N–H and O–H groups in total. The number of ether oxygens (including phenoxy) is 2. The second-order valence-electron chi connectivity index (χ2n) is 6.06. The highest BCUT2D eigenvalue weighted by atomic mass is 32.1. The van der Waals surface area contributed by atoms with Crippen LogP contribution in [0.3, 0.4) is 0 Å². The summed E-state index contributed by atoms with van der Waals surface area (Å²) < 4.78 is 12.9. The number of methoxy groups -OCH3 is 1. The van der Waals surface area contributed by atoms with Crippen molar-refractivity contribution in [3.05, 3.63) is 47.8 Å². The molecule has 0 bridgehead atoms. The third-order valence-electron chi connectivity index (χ3n) is 4.00. The van der Waals surface area contributed by atoms with E-state index in [1.165, 1.54) is 11.3 Å². The molecule has 0 aliphatic heterocycles. The number of aromatic nitrogens is 5. The van der Waals surface area contributed by atoms with Crippen LogP contribution in [0.25, 0.3) is 15.3 Å². The first kappa shape index (κ1) is 18.8. The molecule has 9 nitrogen and oxygen atoms in total. The summed E-state index contributed by atoms with van der Waals surface area (Å²) in [5.74, 6) is 1.44. The number of carbonyl (C=O) groups excluding carboxylic acids is 1. The van der Waals surface area contributed by atoms with E-state index in [1.54, 1.807) is 30.8 Å². The zero-order valence-electron chi connectivity index (χ0n) is 16.0. The highest BCUT2D eigenvalue weighted by molar-refractivity contribution is 7.20. The highest BCUT2D eigenvalue weighted by Gasteiger charge is 2.14. The molecular formula is C19H18N6O3S. The molecular weight excluding hydrogens is 392 g/mol. The van der Waals surface area contributed by atoms with Crippen LogP contribution in [0.5, 0.6) is 5.75 Å². The Balaban J connectivity index is 1.63.